The van der Waals surface area contributed by atoms with Gasteiger partial charge in [0, 0.05) is 5.75 Å². The number of carbonyl (C=O) groups is 4. The number of aldehydes is 1. The van der Waals surface area contributed by atoms with Gasteiger partial charge in [0.15, 0.2) is 0 Å². The van der Waals surface area contributed by atoms with Crippen LogP contribution in [0.4, 0.5) is 9.59 Å². The van der Waals surface area contributed by atoms with E-state index in [1.807, 2.05) is 48.5 Å². The number of carbonyl (C=O) groups excluding carboxylic acids is 4. The van der Waals surface area contributed by atoms with Crippen molar-refractivity contribution in [3.05, 3.63) is 71.8 Å². The maximum atomic E-state index is 12.8. The Bertz CT molecular complexity index is 929. The zero-order valence-electron chi connectivity index (χ0n) is 19.4. The Balaban J connectivity index is 1.92. The van der Waals surface area contributed by atoms with Gasteiger partial charge in [0.05, 0.1) is 6.04 Å². The molecule has 0 bridgehead atoms. The van der Waals surface area contributed by atoms with Crippen LogP contribution in [0.25, 0.3) is 0 Å². The molecular weight excluding hydrogens is 470 g/mol. The van der Waals surface area contributed by atoms with Crippen molar-refractivity contribution >= 4 is 35.3 Å². The van der Waals surface area contributed by atoms with E-state index in [1.165, 1.54) is 0 Å². The van der Waals surface area contributed by atoms with E-state index in [0.717, 1.165) is 29.3 Å². The third kappa shape index (κ3) is 11.5. The standard InChI is InChI=1S/C25H31N3O6S/c26-14-8-7-13-21(15-29)27-23(30)22(28-24(31)33-16-19-9-3-1-4-10-19)18-35-25(32)34-17-20-11-5-2-6-12-20/h1-6,9-12,15,21-22H,7-8,13-14,16-18,26H2,(H,27,30)(H,28,31)/t21-,22-/m0/s1. The zero-order valence-corrected chi connectivity index (χ0v) is 20.2. The van der Waals surface area contributed by atoms with Crippen molar-refractivity contribution in [3.63, 3.8) is 0 Å². The fraction of sp³-hybridized carbons (Fsp3) is 0.360. The first-order chi connectivity index (χ1) is 17.0. The minimum absolute atomic E-state index is 0.0172. The number of rotatable bonds is 14. The Morgan fingerprint density at radius 3 is 2.06 bits per heavy atom. The smallest absolute Gasteiger partial charge is 0.408 e. The van der Waals surface area contributed by atoms with E-state index in [4.69, 9.17) is 15.2 Å². The SMILES string of the molecule is NCCCC[C@@H](C=O)NC(=O)[C@H](CSC(=O)OCc1ccccc1)NC(=O)OCc1ccccc1. The molecule has 4 N–H and O–H groups in total. The molecule has 0 aliphatic carbocycles. The maximum absolute atomic E-state index is 12.8. The van der Waals surface area contributed by atoms with Gasteiger partial charge in [0.2, 0.25) is 5.91 Å². The summed E-state index contributed by atoms with van der Waals surface area (Å²) in [6, 6.07) is 16.4. The van der Waals surface area contributed by atoms with Gasteiger partial charge < -0.3 is 30.6 Å². The summed E-state index contributed by atoms with van der Waals surface area (Å²) in [5, 5.41) is 4.48. The summed E-state index contributed by atoms with van der Waals surface area (Å²) >= 11 is 0.748. The fourth-order valence-electron chi connectivity index (χ4n) is 2.97. The molecule has 0 spiro atoms. The average molecular weight is 502 g/mol. The number of benzene rings is 2. The van der Waals surface area contributed by atoms with Gasteiger partial charge in [-0.3, -0.25) is 4.79 Å². The molecule has 10 heteroatoms. The largest absolute Gasteiger partial charge is 0.453 e. The van der Waals surface area contributed by atoms with E-state index in [1.54, 1.807) is 12.1 Å². The van der Waals surface area contributed by atoms with Crippen molar-refractivity contribution in [1.82, 2.24) is 10.6 Å². The van der Waals surface area contributed by atoms with Crippen molar-refractivity contribution in [2.45, 2.75) is 44.6 Å². The highest BCUT2D eigenvalue weighted by Gasteiger charge is 2.25. The van der Waals surface area contributed by atoms with E-state index in [0.29, 0.717) is 25.7 Å². The highest BCUT2D eigenvalue weighted by Crippen LogP contribution is 2.12. The number of nitrogens with two attached hydrogens (primary N) is 1. The lowest BCUT2D eigenvalue weighted by Gasteiger charge is -2.20. The Morgan fingerprint density at radius 2 is 1.49 bits per heavy atom. The third-order valence-electron chi connectivity index (χ3n) is 4.85. The summed E-state index contributed by atoms with van der Waals surface area (Å²) in [5.74, 6) is -0.705. The van der Waals surface area contributed by atoms with E-state index < -0.39 is 29.4 Å². The summed E-state index contributed by atoms with van der Waals surface area (Å²) in [6.07, 6.45) is 1.62. The molecule has 0 aliphatic rings. The van der Waals surface area contributed by atoms with Gasteiger partial charge in [-0.1, -0.05) is 60.7 Å². The minimum atomic E-state index is -1.12. The van der Waals surface area contributed by atoms with Gasteiger partial charge >= 0.3 is 11.4 Å². The van der Waals surface area contributed by atoms with Gasteiger partial charge in [-0.2, -0.15) is 0 Å². The first kappa shape index (κ1) is 27.9. The van der Waals surface area contributed by atoms with Crippen LogP contribution in [0.5, 0.6) is 0 Å². The van der Waals surface area contributed by atoms with Crippen LogP contribution in [0, 0.1) is 0 Å². The lowest BCUT2D eigenvalue weighted by molar-refractivity contribution is -0.125. The lowest BCUT2D eigenvalue weighted by atomic mass is 10.1. The van der Waals surface area contributed by atoms with Crippen LogP contribution >= 0.6 is 11.8 Å². The van der Waals surface area contributed by atoms with Gasteiger partial charge in [-0.25, -0.2) is 9.59 Å². The number of hydrogen-bond donors (Lipinski definition) is 3. The monoisotopic (exact) mass is 501 g/mol. The number of nitrogens with one attached hydrogen (secondary N) is 2. The van der Waals surface area contributed by atoms with Crippen LogP contribution in [-0.4, -0.2) is 48.0 Å². The van der Waals surface area contributed by atoms with Crippen molar-refractivity contribution in [2.24, 2.45) is 5.73 Å². The molecule has 2 rings (SSSR count). The number of thioether (sulfide) groups is 1. The molecular formula is C25H31N3O6S. The van der Waals surface area contributed by atoms with E-state index in [2.05, 4.69) is 10.6 Å². The molecule has 2 aromatic carbocycles. The highest BCUT2D eigenvalue weighted by atomic mass is 32.2. The second-order valence-electron chi connectivity index (χ2n) is 7.63. The van der Waals surface area contributed by atoms with E-state index in [-0.39, 0.29) is 19.0 Å². The lowest BCUT2D eigenvalue weighted by Crippen LogP contribution is -2.51. The Labute approximate surface area is 209 Å². The van der Waals surface area contributed by atoms with E-state index >= 15 is 0 Å². The van der Waals surface area contributed by atoms with Gasteiger partial charge in [-0.05, 0) is 48.7 Å². The first-order valence-electron chi connectivity index (χ1n) is 11.3. The summed E-state index contributed by atoms with van der Waals surface area (Å²) < 4.78 is 10.4. The van der Waals surface area contributed by atoms with Crippen molar-refractivity contribution in [1.29, 1.82) is 0 Å². The van der Waals surface area contributed by atoms with Crippen LogP contribution < -0.4 is 16.4 Å². The topological polar surface area (TPSA) is 137 Å². The highest BCUT2D eigenvalue weighted by molar-refractivity contribution is 8.13. The second kappa shape index (κ2) is 16.3. The normalized spacial score (nSPS) is 12.1. The molecule has 0 saturated heterocycles. The molecule has 2 aromatic rings. The molecule has 35 heavy (non-hydrogen) atoms. The molecule has 2 atom stereocenters. The van der Waals surface area contributed by atoms with E-state index in [9.17, 15) is 19.2 Å². The van der Waals surface area contributed by atoms with Crippen LogP contribution in [0.15, 0.2) is 60.7 Å². The average Bonchev–Trinajstić information content (AvgIpc) is 2.89. The molecule has 0 radical (unpaired) electrons. The Hall–Kier alpha value is -3.37. The quantitative estimate of drug-likeness (QED) is 0.204. The number of ether oxygens (including phenoxy) is 2. The summed E-state index contributed by atoms with van der Waals surface area (Å²) in [7, 11) is 0. The molecule has 0 aliphatic heterocycles. The molecule has 0 fully saturated rings. The summed E-state index contributed by atoms with van der Waals surface area (Å²) in [5.41, 5.74) is 7.08. The van der Waals surface area contributed by atoms with Gasteiger partial charge in [0.25, 0.3) is 0 Å². The maximum Gasteiger partial charge on any atom is 0.408 e. The Kier molecular flexibility index (Phi) is 13.0. The predicted octanol–water partition coefficient (Wildman–Crippen LogP) is 3.16. The van der Waals surface area contributed by atoms with Crippen LogP contribution in [-0.2, 0) is 32.3 Å². The molecule has 188 valence electrons. The number of unbranched alkanes of at least 4 members (excludes halogenated alkanes) is 1. The molecule has 0 aromatic heterocycles. The number of amides is 2. The summed E-state index contributed by atoms with van der Waals surface area (Å²) in [4.78, 5) is 48.7. The van der Waals surface area contributed by atoms with Crippen molar-refractivity contribution in [3.8, 4) is 0 Å². The van der Waals surface area contributed by atoms with Crippen molar-refractivity contribution in [2.75, 3.05) is 12.3 Å². The number of alkyl carbamates (subject to hydrolysis) is 1. The zero-order chi connectivity index (χ0) is 25.3. The van der Waals surface area contributed by atoms with Crippen LogP contribution in [0.2, 0.25) is 0 Å². The Morgan fingerprint density at radius 1 is 0.886 bits per heavy atom. The molecule has 9 nitrogen and oxygen atoms in total. The van der Waals surface area contributed by atoms with Gasteiger partial charge in [-0.15, -0.1) is 0 Å². The second-order valence-corrected chi connectivity index (χ2v) is 8.58. The molecule has 0 heterocycles. The number of hydrogen-bond acceptors (Lipinski definition) is 8. The fourth-order valence-corrected chi connectivity index (χ4v) is 3.65. The third-order valence-corrected chi connectivity index (χ3v) is 5.70. The molecule has 2 amide bonds. The predicted molar refractivity (Wildman–Crippen MR) is 134 cm³/mol. The molecule has 0 saturated carbocycles. The molecule has 0 unspecified atom stereocenters. The van der Waals surface area contributed by atoms with Crippen LogP contribution in [0.1, 0.15) is 30.4 Å². The van der Waals surface area contributed by atoms with Crippen molar-refractivity contribution < 1.29 is 28.7 Å². The van der Waals surface area contributed by atoms with Gasteiger partial charge in [0.1, 0.15) is 25.5 Å². The van der Waals surface area contributed by atoms with Crippen LogP contribution in [0.3, 0.4) is 0 Å². The minimum Gasteiger partial charge on any atom is -0.453 e. The first-order valence-corrected chi connectivity index (χ1v) is 12.3. The summed E-state index contributed by atoms with van der Waals surface area (Å²) in [6.45, 7) is 0.590.